The third-order valence-electron chi connectivity index (χ3n) is 4.43. The van der Waals surface area contributed by atoms with Crippen LogP contribution in [0.1, 0.15) is 16.1 Å². The minimum absolute atomic E-state index is 0.124. The highest BCUT2D eigenvalue weighted by Crippen LogP contribution is 2.33. The molecule has 24 heavy (non-hydrogen) atoms. The summed E-state index contributed by atoms with van der Waals surface area (Å²) in [7, 11) is 1.97. The second-order valence-electron chi connectivity index (χ2n) is 5.85. The smallest absolute Gasteiger partial charge is 0.258 e. The molecule has 2 aromatic carbocycles. The molecule has 1 amide bonds. The van der Waals surface area contributed by atoms with Gasteiger partial charge in [-0.15, -0.1) is 0 Å². The Kier molecular flexibility index (Phi) is 3.41. The van der Waals surface area contributed by atoms with E-state index in [2.05, 4.69) is 5.32 Å². The molecule has 0 saturated heterocycles. The highest BCUT2D eigenvalue weighted by Gasteiger charge is 2.19. The number of anilines is 1. The zero-order valence-corrected chi connectivity index (χ0v) is 13.6. The molecule has 2 heterocycles. The number of carbonyl (C=O) groups excluding carboxylic acids is 1. The van der Waals surface area contributed by atoms with Crippen LogP contribution >= 0.6 is 0 Å². The molecule has 3 aromatic rings. The number of hydrogen-bond donors (Lipinski definition) is 1. The van der Waals surface area contributed by atoms with Gasteiger partial charge in [-0.2, -0.15) is 0 Å². The van der Waals surface area contributed by atoms with Crippen molar-refractivity contribution in [2.75, 3.05) is 18.5 Å². The van der Waals surface area contributed by atoms with E-state index in [9.17, 15) is 4.79 Å². The number of aryl methyl sites for hydroxylation is 1. The Morgan fingerprint density at radius 1 is 1.08 bits per heavy atom. The molecule has 0 spiro atoms. The number of rotatable bonds is 2. The number of ether oxygens (including phenoxy) is 2. The van der Waals surface area contributed by atoms with Crippen molar-refractivity contribution in [2.45, 2.75) is 6.92 Å². The Labute approximate surface area is 139 Å². The molecule has 0 saturated carbocycles. The predicted octanol–water partition coefficient (Wildman–Crippen LogP) is 3.51. The fourth-order valence-electron chi connectivity index (χ4n) is 3.12. The lowest BCUT2D eigenvalue weighted by Crippen LogP contribution is -2.16. The summed E-state index contributed by atoms with van der Waals surface area (Å²) >= 11 is 0. The van der Waals surface area contributed by atoms with Crippen LogP contribution in [-0.2, 0) is 7.05 Å². The average molecular weight is 322 g/mol. The van der Waals surface area contributed by atoms with Crippen molar-refractivity contribution >= 4 is 22.5 Å². The minimum atomic E-state index is -0.124. The predicted molar refractivity (Wildman–Crippen MR) is 93.0 cm³/mol. The number of carbonyl (C=O) groups is 1. The molecule has 0 atom stereocenters. The molecule has 4 rings (SSSR count). The monoisotopic (exact) mass is 322 g/mol. The molecule has 1 aliphatic heterocycles. The average Bonchev–Trinajstić information content (AvgIpc) is 2.86. The topological polar surface area (TPSA) is 52.5 Å². The SMILES string of the molecule is Cc1c(C(=O)Nc2ccc3c(c2)OCCO3)c2ccccc2n1C. The van der Waals surface area contributed by atoms with E-state index >= 15 is 0 Å². The normalized spacial score (nSPS) is 13.1. The lowest BCUT2D eigenvalue weighted by Gasteiger charge is -2.19. The molecule has 0 bridgehead atoms. The van der Waals surface area contributed by atoms with Gasteiger partial charge in [0, 0.05) is 35.4 Å². The summed E-state index contributed by atoms with van der Waals surface area (Å²) in [4.78, 5) is 12.8. The van der Waals surface area contributed by atoms with Crippen molar-refractivity contribution in [1.82, 2.24) is 4.57 Å². The van der Waals surface area contributed by atoms with E-state index in [1.165, 1.54) is 0 Å². The largest absolute Gasteiger partial charge is 0.486 e. The second kappa shape index (κ2) is 5.60. The summed E-state index contributed by atoms with van der Waals surface area (Å²) < 4.78 is 13.1. The van der Waals surface area contributed by atoms with Gasteiger partial charge >= 0.3 is 0 Å². The van der Waals surface area contributed by atoms with Gasteiger partial charge in [0.1, 0.15) is 13.2 Å². The zero-order valence-electron chi connectivity index (χ0n) is 13.6. The molecule has 1 aliphatic rings. The minimum Gasteiger partial charge on any atom is -0.486 e. The van der Waals surface area contributed by atoms with Gasteiger partial charge in [-0.3, -0.25) is 4.79 Å². The fraction of sp³-hybridized carbons (Fsp3) is 0.211. The second-order valence-corrected chi connectivity index (χ2v) is 5.85. The van der Waals surface area contributed by atoms with Crippen molar-refractivity contribution in [3.63, 3.8) is 0 Å². The number of fused-ring (bicyclic) bond motifs is 2. The first kappa shape index (κ1) is 14.6. The van der Waals surface area contributed by atoms with Gasteiger partial charge in [0.2, 0.25) is 0 Å². The van der Waals surface area contributed by atoms with Crippen LogP contribution in [0.4, 0.5) is 5.69 Å². The lowest BCUT2D eigenvalue weighted by molar-refractivity contribution is 0.102. The maximum absolute atomic E-state index is 12.8. The van der Waals surface area contributed by atoms with E-state index in [4.69, 9.17) is 9.47 Å². The molecule has 1 aromatic heterocycles. The van der Waals surface area contributed by atoms with E-state index in [0.717, 1.165) is 16.6 Å². The number of para-hydroxylation sites is 1. The van der Waals surface area contributed by atoms with Gasteiger partial charge in [0.25, 0.3) is 5.91 Å². The summed E-state index contributed by atoms with van der Waals surface area (Å²) in [6.07, 6.45) is 0. The van der Waals surface area contributed by atoms with E-state index in [0.29, 0.717) is 36.0 Å². The summed E-state index contributed by atoms with van der Waals surface area (Å²) in [5.74, 6) is 1.25. The standard InChI is InChI=1S/C19H18N2O3/c1-12-18(14-5-3-4-6-15(14)21(12)2)19(22)20-13-7-8-16-17(11-13)24-10-9-23-16/h3-8,11H,9-10H2,1-2H3,(H,20,22). The van der Waals surface area contributed by atoms with Crippen LogP contribution in [0.5, 0.6) is 11.5 Å². The Morgan fingerprint density at radius 3 is 2.67 bits per heavy atom. The molecule has 0 unspecified atom stereocenters. The summed E-state index contributed by atoms with van der Waals surface area (Å²) in [5.41, 5.74) is 3.37. The van der Waals surface area contributed by atoms with Crippen LogP contribution in [0.3, 0.4) is 0 Å². The number of aromatic nitrogens is 1. The quantitative estimate of drug-likeness (QED) is 0.785. The molecule has 0 radical (unpaired) electrons. The lowest BCUT2D eigenvalue weighted by atomic mass is 10.1. The summed E-state index contributed by atoms with van der Waals surface area (Å²) in [6.45, 7) is 3.03. The Balaban J connectivity index is 1.69. The van der Waals surface area contributed by atoms with Gasteiger partial charge in [0.15, 0.2) is 11.5 Å². The van der Waals surface area contributed by atoms with Crippen LogP contribution in [0.25, 0.3) is 10.9 Å². The summed E-state index contributed by atoms with van der Waals surface area (Å²) in [6, 6.07) is 13.4. The van der Waals surface area contributed by atoms with Gasteiger partial charge in [-0.05, 0) is 25.1 Å². The fourth-order valence-corrected chi connectivity index (χ4v) is 3.12. The number of hydrogen-bond acceptors (Lipinski definition) is 3. The van der Waals surface area contributed by atoms with E-state index in [-0.39, 0.29) is 5.91 Å². The number of amides is 1. The number of benzene rings is 2. The Hall–Kier alpha value is -2.95. The van der Waals surface area contributed by atoms with Crippen molar-refractivity contribution in [3.8, 4) is 11.5 Å². The highest BCUT2D eigenvalue weighted by atomic mass is 16.6. The van der Waals surface area contributed by atoms with Gasteiger partial charge < -0.3 is 19.4 Å². The van der Waals surface area contributed by atoms with Gasteiger partial charge in [-0.25, -0.2) is 0 Å². The maximum atomic E-state index is 12.8. The third-order valence-corrected chi connectivity index (χ3v) is 4.43. The van der Waals surface area contributed by atoms with E-state index in [1.807, 2.05) is 54.9 Å². The van der Waals surface area contributed by atoms with Gasteiger partial charge in [-0.1, -0.05) is 18.2 Å². The number of nitrogens with zero attached hydrogens (tertiary/aromatic N) is 1. The van der Waals surface area contributed by atoms with Crippen molar-refractivity contribution in [1.29, 1.82) is 0 Å². The molecule has 122 valence electrons. The Morgan fingerprint density at radius 2 is 1.83 bits per heavy atom. The van der Waals surface area contributed by atoms with Gasteiger partial charge in [0.05, 0.1) is 5.56 Å². The number of nitrogens with one attached hydrogen (secondary N) is 1. The van der Waals surface area contributed by atoms with Crippen molar-refractivity contribution in [3.05, 3.63) is 53.7 Å². The molecule has 5 nitrogen and oxygen atoms in total. The summed E-state index contributed by atoms with van der Waals surface area (Å²) in [5, 5.41) is 3.92. The molecule has 0 fully saturated rings. The first-order valence-electron chi connectivity index (χ1n) is 7.90. The van der Waals surface area contributed by atoms with Crippen molar-refractivity contribution in [2.24, 2.45) is 7.05 Å². The maximum Gasteiger partial charge on any atom is 0.258 e. The zero-order chi connectivity index (χ0) is 16.7. The molecule has 5 heteroatoms. The van der Waals surface area contributed by atoms with Crippen LogP contribution in [-0.4, -0.2) is 23.7 Å². The van der Waals surface area contributed by atoms with E-state index < -0.39 is 0 Å². The highest BCUT2D eigenvalue weighted by molar-refractivity contribution is 6.14. The molecule has 1 N–H and O–H groups in total. The van der Waals surface area contributed by atoms with E-state index in [1.54, 1.807) is 6.07 Å². The van der Waals surface area contributed by atoms with Crippen LogP contribution in [0, 0.1) is 6.92 Å². The third kappa shape index (κ3) is 2.29. The first-order chi connectivity index (χ1) is 11.6. The van der Waals surface area contributed by atoms with Crippen LogP contribution in [0.2, 0.25) is 0 Å². The molecular weight excluding hydrogens is 304 g/mol. The first-order valence-corrected chi connectivity index (χ1v) is 7.90. The van der Waals surface area contributed by atoms with Crippen LogP contribution < -0.4 is 14.8 Å². The van der Waals surface area contributed by atoms with Crippen molar-refractivity contribution < 1.29 is 14.3 Å². The molecular formula is C19H18N2O3. The van der Waals surface area contributed by atoms with Crippen LogP contribution in [0.15, 0.2) is 42.5 Å². The molecule has 0 aliphatic carbocycles. The Bertz CT molecular complexity index is 943.